The molecule has 112 valence electrons. The van der Waals surface area contributed by atoms with Crippen molar-refractivity contribution in [2.75, 3.05) is 32.1 Å². The van der Waals surface area contributed by atoms with E-state index < -0.39 is 0 Å². The van der Waals surface area contributed by atoms with Crippen LogP contribution in [-0.4, -0.2) is 66.1 Å². The Hall–Kier alpha value is -0.850. The van der Waals surface area contributed by atoms with Crippen LogP contribution in [0.4, 0.5) is 0 Å². The Balaban J connectivity index is 0.000000399. The molecule has 1 aliphatic heterocycles. The predicted molar refractivity (Wildman–Crippen MR) is 73.1 cm³/mol. The van der Waals surface area contributed by atoms with Crippen LogP contribution in [0.15, 0.2) is 0 Å². The normalized spacial score (nSPS) is 19.2. The molecule has 0 radical (unpaired) electrons. The molecule has 1 saturated heterocycles. The number of aliphatic hydroxyl groups is 1. The van der Waals surface area contributed by atoms with Gasteiger partial charge in [0.15, 0.2) is 0 Å². The first-order valence-electron chi connectivity index (χ1n) is 6.14. The van der Waals surface area contributed by atoms with Gasteiger partial charge in [0.25, 0.3) is 6.47 Å². The Morgan fingerprint density at radius 2 is 2.21 bits per heavy atom. The minimum atomic E-state index is -0.318. The van der Waals surface area contributed by atoms with Crippen LogP contribution in [0.5, 0.6) is 0 Å². The van der Waals surface area contributed by atoms with E-state index in [0.717, 1.165) is 6.54 Å². The minimum absolute atomic E-state index is 0.00347. The molecule has 1 unspecified atom stereocenters. The molecule has 0 aliphatic carbocycles. The van der Waals surface area contributed by atoms with Gasteiger partial charge >= 0.3 is 0 Å². The van der Waals surface area contributed by atoms with Crippen molar-refractivity contribution in [3.8, 4) is 0 Å². The number of carbonyl (C=O) groups is 2. The Bertz CT molecular complexity index is 281. The molecule has 0 aromatic carbocycles. The lowest BCUT2D eigenvalue weighted by Gasteiger charge is -2.34. The molecule has 0 aromatic heterocycles. The highest BCUT2D eigenvalue weighted by Crippen LogP contribution is 2.03. The smallest absolute Gasteiger partial charge is 0.293 e. The van der Waals surface area contributed by atoms with E-state index in [1.54, 1.807) is 4.90 Å². The van der Waals surface area contributed by atoms with Crippen LogP contribution in [0.2, 0.25) is 0 Å². The average Bonchev–Trinajstić information content (AvgIpc) is 2.37. The molecule has 2 N–H and O–H groups in total. The Kier molecular flexibility index (Phi) is 8.71. The van der Waals surface area contributed by atoms with Gasteiger partial charge in [-0.3, -0.25) is 9.59 Å². The van der Waals surface area contributed by atoms with Crippen LogP contribution in [-0.2, 0) is 14.3 Å². The van der Waals surface area contributed by atoms with Gasteiger partial charge in [-0.25, -0.2) is 0 Å². The van der Waals surface area contributed by atoms with E-state index in [0.29, 0.717) is 19.6 Å². The van der Waals surface area contributed by atoms with E-state index in [-0.39, 0.29) is 30.0 Å². The third-order valence-electron chi connectivity index (χ3n) is 2.40. The number of amides is 1. The van der Waals surface area contributed by atoms with Crippen molar-refractivity contribution in [3.63, 3.8) is 0 Å². The van der Waals surface area contributed by atoms with Crippen molar-refractivity contribution < 1.29 is 19.4 Å². The van der Waals surface area contributed by atoms with Gasteiger partial charge in [0.2, 0.25) is 5.91 Å². The monoisotopic (exact) mass is 294 g/mol. The third-order valence-corrected chi connectivity index (χ3v) is 2.63. The van der Waals surface area contributed by atoms with Gasteiger partial charge in [0.05, 0.1) is 12.6 Å². The van der Waals surface area contributed by atoms with Gasteiger partial charge in [-0.15, -0.1) is 11.6 Å². The summed E-state index contributed by atoms with van der Waals surface area (Å²) in [5.41, 5.74) is -0.318. The minimum Gasteiger partial charge on any atom is -0.462 e. The van der Waals surface area contributed by atoms with Gasteiger partial charge in [-0.1, -0.05) is 0 Å². The number of ether oxygens (including phenoxy) is 1. The molecule has 0 aromatic rings. The first-order valence-corrected chi connectivity index (χ1v) is 6.67. The molecule has 1 fully saturated rings. The second kappa shape index (κ2) is 9.12. The van der Waals surface area contributed by atoms with Gasteiger partial charge < -0.3 is 20.1 Å². The first-order chi connectivity index (χ1) is 8.85. The Labute approximate surface area is 119 Å². The zero-order valence-electron chi connectivity index (χ0n) is 11.7. The molecule has 7 heteroatoms. The second-order valence-electron chi connectivity index (χ2n) is 5.09. The second-order valence-corrected chi connectivity index (χ2v) is 5.35. The number of hydrogen-bond donors (Lipinski definition) is 2. The lowest BCUT2D eigenvalue weighted by atomic mass is 10.2. The fraction of sp³-hybridized carbons (Fsp3) is 0.833. The predicted octanol–water partition coefficient (Wildman–Crippen LogP) is -0.0242. The maximum absolute atomic E-state index is 11.2. The molecular weight excluding hydrogens is 272 g/mol. The maximum atomic E-state index is 11.2. The van der Waals surface area contributed by atoms with E-state index >= 15 is 0 Å². The molecule has 1 rings (SSSR count). The topological polar surface area (TPSA) is 78.9 Å². The Morgan fingerprint density at radius 3 is 2.58 bits per heavy atom. The number of alkyl halides is 1. The highest BCUT2D eigenvalue weighted by Gasteiger charge is 2.24. The van der Waals surface area contributed by atoms with E-state index in [1.807, 2.05) is 20.8 Å². The summed E-state index contributed by atoms with van der Waals surface area (Å²) in [5, 5.41) is 12.0. The largest absolute Gasteiger partial charge is 0.462 e. The van der Waals surface area contributed by atoms with Crippen molar-refractivity contribution in [1.82, 2.24) is 10.2 Å². The van der Waals surface area contributed by atoms with Crippen LogP contribution in [0.25, 0.3) is 0 Å². The van der Waals surface area contributed by atoms with E-state index in [4.69, 9.17) is 16.7 Å². The summed E-state index contributed by atoms with van der Waals surface area (Å²) in [4.78, 5) is 22.4. The van der Waals surface area contributed by atoms with Gasteiger partial charge in [0, 0.05) is 19.6 Å². The van der Waals surface area contributed by atoms with Crippen molar-refractivity contribution in [3.05, 3.63) is 0 Å². The SMILES string of the molecule is CC(C)(C)OC=O.O=C(CCl)N1CCNCC1CO. The number of hydrogen-bond acceptors (Lipinski definition) is 5. The number of piperazine rings is 1. The lowest BCUT2D eigenvalue weighted by Crippen LogP contribution is -2.55. The molecule has 0 spiro atoms. The van der Waals surface area contributed by atoms with Crippen molar-refractivity contribution >= 4 is 24.0 Å². The lowest BCUT2D eigenvalue weighted by molar-refractivity contribution is -0.138. The number of halogens is 1. The van der Waals surface area contributed by atoms with E-state index in [2.05, 4.69) is 10.1 Å². The highest BCUT2D eigenvalue weighted by molar-refractivity contribution is 6.27. The standard InChI is InChI=1S/C7H13ClN2O2.C5H10O2/c8-3-7(12)10-2-1-9-4-6(10)5-11;1-5(2,3)7-4-6/h6,9,11H,1-5H2;4H,1-3H3. The molecule has 1 aliphatic rings. The summed E-state index contributed by atoms with van der Waals surface area (Å²) < 4.78 is 4.55. The summed E-state index contributed by atoms with van der Waals surface area (Å²) in [6, 6.07) is -0.106. The summed E-state index contributed by atoms with van der Waals surface area (Å²) in [5.74, 6) is -0.103. The summed E-state index contributed by atoms with van der Waals surface area (Å²) in [6.07, 6.45) is 0. The zero-order valence-corrected chi connectivity index (χ0v) is 12.4. The van der Waals surface area contributed by atoms with Crippen LogP contribution >= 0.6 is 11.6 Å². The van der Waals surface area contributed by atoms with Gasteiger partial charge in [0.1, 0.15) is 11.5 Å². The van der Waals surface area contributed by atoms with Crippen LogP contribution in [0.1, 0.15) is 20.8 Å². The van der Waals surface area contributed by atoms with Crippen LogP contribution < -0.4 is 5.32 Å². The number of aliphatic hydroxyl groups excluding tert-OH is 1. The number of nitrogens with one attached hydrogen (secondary N) is 1. The summed E-state index contributed by atoms with van der Waals surface area (Å²) in [6.45, 7) is 7.98. The van der Waals surface area contributed by atoms with E-state index in [9.17, 15) is 9.59 Å². The molecule has 19 heavy (non-hydrogen) atoms. The average molecular weight is 295 g/mol. The number of carbonyl (C=O) groups excluding carboxylic acids is 2. The van der Waals surface area contributed by atoms with E-state index in [1.165, 1.54) is 0 Å². The molecule has 1 amide bonds. The molecule has 0 bridgehead atoms. The highest BCUT2D eigenvalue weighted by atomic mass is 35.5. The van der Waals surface area contributed by atoms with Crippen LogP contribution in [0, 0.1) is 0 Å². The van der Waals surface area contributed by atoms with Crippen molar-refractivity contribution in [2.24, 2.45) is 0 Å². The fourth-order valence-electron chi connectivity index (χ4n) is 1.47. The zero-order chi connectivity index (χ0) is 14.9. The van der Waals surface area contributed by atoms with Crippen LogP contribution in [0.3, 0.4) is 0 Å². The molecule has 6 nitrogen and oxygen atoms in total. The number of rotatable bonds is 3. The van der Waals surface area contributed by atoms with Gasteiger partial charge in [-0.05, 0) is 20.8 Å². The van der Waals surface area contributed by atoms with Gasteiger partial charge in [-0.2, -0.15) is 0 Å². The fourth-order valence-corrected chi connectivity index (χ4v) is 1.63. The maximum Gasteiger partial charge on any atom is 0.293 e. The van der Waals surface area contributed by atoms with Crippen molar-refractivity contribution in [1.29, 1.82) is 0 Å². The quantitative estimate of drug-likeness (QED) is 0.565. The summed E-state index contributed by atoms with van der Waals surface area (Å²) >= 11 is 5.41. The van der Waals surface area contributed by atoms with Crippen molar-refractivity contribution in [2.45, 2.75) is 32.4 Å². The molecule has 0 saturated carbocycles. The molecule has 1 atom stereocenters. The third kappa shape index (κ3) is 8.02. The number of nitrogens with zero attached hydrogens (tertiary/aromatic N) is 1. The summed E-state index contributed by atoms with van der Waals surface area (Å²) in [7, 11) is 0. The Morgan fingerprint density at radius 1 is 1.58 bits per heavy atom. The molecular formula is C12H23ClN2O4. The molecule has 1 heterocycles. The first kappa shape index (κ1) is 18.1.